The molecule has 0 saturated carbocycles. The Balaban J connectivity index is 1.59. The molecule has 0 amide bonds. The number of para-hydroxylation sites is 2. The third kappa shape index (κ3) is 1.98. The topological polar surface area (TPSA) is 66.0 Å². The molecule has 20 heavy (non-hydrogen) atoms. The Labute approximate surface area is 115 Å². The van der Waals surface area contributed by atoms with Crippen molar-refractivity contribution in [2.45, 2.75) is 25.5 Å². The van der Waals surface area contributed by atoms with E-state index in [1.54, 1.807) is 6.33 Å². The van der Waals surface area contributed by atoms with Gasteiger partial charge in [0.2, 0.25) is 0 Å². The predicted molar refractivity (Wildman–Crippen MR) is 71.1 cm³/mol. The number of imidazole rings is 1. The molecule has 102 valence electrons. The van der Waals surface area contributed by atoms with Gasteiger partial charge in [0, 0.05) is 6.61 Å². The molecule has 3 aromatic rings. The summed E-state index contributed by atoms with van der Waals surface area (Å²) >= 11 is 0. The van der Waals surface area contributed by atoms with Crippen molar-refractivity contribution in [3.05, 3.63) is 42.3 Å². The summed E-state index contributed by atoms with van der Waals surface area (Å²) in [5, 5.41) is 4.03. The molecular formula is C14H14N4O2. The van der Waals surface area contributed by atoms with Crippen LogP contribution in [0.5, 0.6) is 0 Å². The summed E-state index contributed by atoms with van der Waals surface area (Å²) in [7, 11) is 0. The molecule has 2 aromatic heterocycles. The molecule has 1 fully saturated rings. The van der Waals surface area contributed by atoms with Gasteiger partial charge in [-0.1, -0.05) is 17.3 Å². The van der Waals surface area contributed by atoms with Crippen LogP contribution in [0, 0.1) is 0 Å². The summed E-state index contributed by atoms with van der Waals surface area (Å²) in [5.74, 6) is 1.24. The molecule has 1 saturated heterocycles. The number of hydrogen-bond acceptors (Lipinski definition) is 5. The number of benzene rings is 1. The first kappa shape index (κ1) is 11.6. The summed E-state index contributed by atoms with van der Waals surface area (Å²) in [6, 6.07) is 7.99. The van der Waals surface area contributed by atoms with Crippen LogP contribution in [0.2, 0.25) is 0 Å². The van der Waals surface area contributed by atoms with Gasteiger partial charge in [0.1, 0.15) is 6.10 Å². The molecule has 1 aliphatic heterocycles. The van der Waals surface area contributed by atoms with E-state index in [0.717, 1.165) is 30.5 Å². The second kappa shape index (κ2) is 4.72. The van der Waals surface area contributed by atoms with Crippen LogP contribution >= 0.6 is 0 Å². The summed E-state index contributed by atoms with van der Waals surface area (Å²) in [6.07, 6.45) is 3.77. The second-order valence-electron chi connectivity index (χ2n) is 4.91. The minimum absolute atomic E-state index is 0.0317. The van der Waals surface area contributed by atoms with Crippen LogP contribution in [0.3, 0.4) is 0 Å². The van der Waals surface area contributed by atoms with E-state index in [2.05, 4.69) is 15.1 Å². The average molecular weight is 270 g/mol. The fourth-order valence-corrected chi connectivity index (χ4v) is 2.52. The van der Waals surface area contributed by atoms with Crippen molar-refractivity contribution >= 4 is 11.0 Å². The first-order valence-corrected chi connectivity index (χ1v) is 6.74. The number of fused-ring (bicyclic) bond motifs is 1. The molecule has 0 spiro atoms. The Morgan fingerprint density at radius 2 is 2.25 bits per heavy atom. The smallest absolute Gasteiger partial charge is 0.255 e. The van der Waals surface area contributed by atoms with Gasteiger partial charge in [-0.05, 0) is 25.0 Å². The van der Waals surface area contributed by atoms with Crippen molar-refractivity contribution < 1.29 is 9.26 Å². The van der Waals surface area contributed by atoms with E-state index in [4.69, 9.17) is 9.26 Å². The molecule has 4 rings (SSSR count). The van der Waals surface area contributed by atoms with Crippen LogP contribution in [0.4, 0.5) is 0 Å². The summed E-state index contributed by atoms with van der Waals surface area (Å²) in [6.45, 7) is 1.32. The summed E-state index contributed by atoms with van der Waals surface area (Å²) in [4.78, 5) is 8.77. The number of aromatic nitrogens is 4. The van der Waals surface area contributed by atoms with Crippen LogP contribution in [0.15, 0.2) is 35.1 Å². The van der Waals surface area contributed by atoms with Gasteiger partial charge < -0.3 is 13.8 Å². The van der Waals surface area contributed by atoms with Crippen molar-refractivity contribution in [3.63, 3.8) is 0 Å². The van der Waals surface area contributed by atoms with E-state index in [0.29, 0.717) is 18.3 Å². The normalized spacial score (nSPS) is 18.9. The lowest BCUT2D eigenvalue weighted by atomic mass is 10.2. The first-order valence-electron chi connectivity index (χ1n) is 6.74. The van der Waals surface area contributed by atoms with E-state index < -0.39 is 0 Å². The zero-order valence-corrected chi connectivity index (χ0v) is 10.9. The van der Waals surface area contributed by atoms with Crippen LogP contribution in [-0.4, -0.2) is 26.3 Å². The second-order valence-corrected chi connectivity index (χ2v) is 4.91. The lowest BCUT2D eigenvalue weighted by Crippen LogP contribution is -2.01. The van der Waals surface area contributed by atoms with Gasteiger partial charge in [-0.15, -0.1) is 0 Å². The Hall–Kier alpha value is -2.21. The van der Waals surface area contributed by atoms with Gasteiger partial charge in [-0.25, -0.2) is 4.98 Å². The van der Waals surface area contributed by atoms with Crippen molar-refractivity contribution in [2.75, 3.05) is 6.61 Å². The number of hydrogen-bond donors (Lipinski definition) is 0. The van der Waals surface area contributed by atoms with Gasteiger partial charge in [0.05, 0.1) is 23.9 Å². The number of nitrogens with zero attached hydrogens (tertiary/aromatic N) is 4. The zero-order valence-electron chi connectivity index (χ0n) is 10.9. The number of rotatable bonds is 3. The highest BCUT2D eigenvalue weighted by Crippen LogP contribution is 2.27. The minimum Gasteiger partial charge on any atom is -0.368 e. The van der Waals surface area contributed by atoms with Gasteiger partial charge in [0.25, 0.3) is 5.89 Å². The largest absolute Gasteiger partial charge is 0.368 e. The molecule has 0 N–H and O–H groups in total. The van der Waals surface area contributed by atoms with Crippen molar-refractivity contribution in [3.8, 4) is 0 Å². The zero-order chi connectivity index (χ0) is 13.4. The standard InChI is InChI=1S/C14H14N4O2/c1-2-5-11-10(4-1)15-9-18(11)8-13-16-14(20-17-13)12-6-3-7-19-12/h1-2,4-5,9,12H,3,6-8H2/t12-/m1/s1. The van der Waals surface area contributed by atoms with Gasteiger partial charge >= 0.3 is 0 Å². The Bertz CT molecular complexity index is 727. The average Bonchev–Trinajstić information content (AvgIpc) is 3.19. The van der Waals surface area contributed by atoms with E-state index in [9.17, 15) is 0 Å². The molecule has 0 aliphatic carbocycles. The monoisotopic (exact) mass is 270 g/mol. The maximum Gasteiger partial charge on any atom is 0.255 e. The lowest BCUT2D eigenvalue weighted by molar-refractivity contribution is 0.0835. The van der Waals surface area contributed by atoms with Crippen molar-refractivity contribution in [1.82, 2.24) is 19.7 Å². The van der Waals surface area contributed by atoms with Gasteiger partial charge in [-0.3, -0.25) is 0 Å². The van der Waals surface area contributed by atoms with Crippen LogP contribution in [0.1, 0.15) is 30.7 Å². The highest BCUT2D eigenvalue weighted by molar-refractivity contribution is 5.74. The summed E-state index contributed by atoms with van der Waals surface area (Å²) < 4.78 is 12.8. The van der Waals surface area contributed by atoms with Crippen molar-refractivity contribution in [2.24, 2.45) is 0 Å². The van der Waals surface area contributed by atoms with E-state index in [1.165, 1.54) is 0 Å². The maximum atomic E-state index is 5.54. The molecule has 6 nitrogen and oxygen atoms in total. The maximum absolute atomic E-state index is 5.54. The molecule has 1 aromatic carbocycles. The Morgan fingerprint density at radius 3 is 3.15 bits per heavy atom. The van der Waals surface area contributed by atoms with Crippen LogP contribution < -0.4 is 0 Å². The third-order valence-electron chi connectivity index (χ3n) is 3.53. The molecule has 0 radical (unpaired) electrons. The molecule has 1 aliphatic rings. The van der Waals surface area contributed by atoms with Crippen LogP contribution in [-0.2, 0) is 11.3 Å². The SMILES string of the molecule is c1ccc2c(c1)ncn2Cc1noc([C@H]2CCCO2)n1. The van der Waals surface area contributed by atoms with Crippen molar-refractivity contribution in [1.29, 1.82) is 0 Å². The Kier molecular flexibility index (Phi) is 2.74. The molecule has 3 heterocycles. The molecule has 0 unspecified atom stereocenters. The Morgan fingerprint density at radius 1 is 1.30 bits per heavy atom. The van der Waals surface area contributed by atoms with E-state index in [1.807, 2.05) is 28.8 Å². The molecule has 1 atom stereocenters. The van der Waals surface area contributed by atoms with E-state index >= 15 is 0 Å². The number of ether oxygens (including phenoxy) is 1. The minimum atomic E-state index is -0.0317. The highest BCUT2D eigenvalue weighted by Gasteiger charge is 2.23. The van der Waals surface area contributed by atoms with Gasteiger partial charge in [-0.2, -0.15) is 4.98 Å². The first-order chi connectivity index (χ1) is 9.90. The third-order valence-corrected chi connectivity index (χ3v) is 3.53. The fourth-order valence-electron chi connectivity index (χ4n) is 2.52. The molecule has 6 heteroatoms. The van der Waals surface area contributed by atoms with Gasteiger partial charge in [0.15, 0.2) is 5.82 Å². The molecule has 0 bridgehead atoms. The fraction of sp³-hybridized carbons (Fsp3) is 0.357. The predicted octanol–water partition coefficient (Wildman–Crippen LogP) is 2.32. The van der Waals surface area contributed by atoms with Crippen LogP contribution in [0.25, 0.3) is 11.0 Å². The quantitative estimate of drug-likeness (QED) is 0.730. The highest BCUT2D eigenvalue weighted by atomic mass is 16.5. The molecular weight excluding hydrogens is 256 g/mol. The van der Waals surface area contributed by atoms with E-state index in [-0.39, 0.29) is 6.10 Å². The lowest BCUT2D eigenvalue weighted by Gasteiger charge is -2.01. The summed E-state index contributed by atoms with van der Waals surface area (Å²) in [5.41, 5.74) is 2.03.